The average Bonchev–Trinajstić information content (AvgIpc) is 2.44. The summed E-state index contributed by atoms with van der Waals surface area (Å²) in [5, 5.41) is 0.405. The predicted molar refractivity (Wildman–Crippen MR) is 85.8 cm³/mol. The van der Waals surface area contributed by atoms with Gasteiger partial charge in [-0.1, -0.05) is 23.7 Å². The number of nitrogens with zero attached hydrogens (tertiary/aromatic N) is 1. The first-order chi connectivity index (χ1) is 9.87. The molecule has 0 saturated carbocycles. The van der Waals surface area contributed by atoms with Crippen molar-refractivity contribution in [2.24, 2.45) is 0 Å². The molecule has 2 aromatic carbocycles. The van der Waals surface area contributed by atoms with E-state index in [0.717, 1.165) is 4.31 Å². The average molecular weight is 393 g/mol. The minimum atomic E-state index is -3.86. The molecule has 0 aliphatic heterocycles. The number of hydrogen-bond donors (Lipinski definition) is 0. The van der Waals surface area contributed by atoms with Crippen LogP contribution < -0.4 is 4.31 Å². The summed E-state index contributed by atoms with van der Waals surface area (Å²) in [6, 6.07) is 10.0. The molecule has 0 N–H and O–H groups in total. The van der Waals surface area contributed by atoms with E-state index in [1.54, 1.807) is 13.0 Å². The summed E-state index contributed by atoms with van der Waals surface area (Å²) in [7, 11) is -3.86. The summed E-state index contributed by atoms with van der Waals surface area (Å²) in [5.41, 5.74) is 0.0195. The van der Waals surface area contributed by atoms with E-state index >= 15 is 0 Å². The van der Waals surface area contributed by atoms with Crippen LogP contribution >= 0.6 is 27.5 Å². The van der Waals surface area contributed by atoms with Crippen molar-refractivity contribution < 1.29 is 12.8 Å². The molecule has 21 heavy (non-hydrogen) atoms. The third-order valence-corrected chi connectivity index (χ3v) is 5.99. The SMILES string of the molecule is CCN(c1ccccc1F)S(=O)(=O)c1ccc(Cl)c(Br)c1. The summed E-state index contributed by atoms with van der Waals surface area (Å²) < 4.78 is 40.7. The fourth-order valence-electron chi connectivity index (χ4n) is 1.89. The molecule has 0 aliphatic carbocycles. The van der Waals surface area contributed by atoms with Gasteiger partial charge in [-0.15, -0.1) is 0 Å². The Morgan fingerprint density at radius 2 is 1.90 bits per heavy atom. The first kappa shape index (κ1) is 16.3. The molecule has 0 unspecified atom stereocenters. The highest BCUT2D eigenvalue weighted by Crippen LogP contribution is 2.30. The molecule has 0 spiro atoms. The molecular weight excluding hydrogens is 381 g/mol. The Balaban J connectivity index is 2.55. The highest BCUT2D eigenvalue weighted by molar-refractivity contribution is 9.10. The van der Waals surface area contributed by atoms with Crippen LogP contribution in [0.25, 0.3) is 0 Å². The maximum absolute atomic E-state index is 13.9. The van der Waals surface area contributed by atoms with Crippen molar-refractivity contribution in [3.05, 3.63) is 57.8 Å². The Kier molecular flexibility index (Phi) is 4.91. The number of para-hydroxylation sites is 1. The van der Waals surface area contributed by atoms with Crippen LogP contribution in [-0.2, 0) is 10.0 Å². The second kappa shape index (κ2) is 6.34. The fraction of sp³-hybridized carbons (Fsp3) is 0.143. The minimum absolute atomic E-state index is 0.0195. The summed E-state index contributed by atoms with van der Waals surface area (Å²) >= 11 is 9.06. The maximum Gasteiger partial charge on any atom is 0.264 e. The lowest BCUT2D eigenvalue weighted by Crippen LogP contribution is -2.31. The van der Waals surface area contributed by atoms with Crippen molar-refractivity contribution in [1.82, 2.24) is 0 Å². The Bertz CT molecular complexity index is 767. The summed E-state index contributed by atoms with van der Waals surface area (Å²) in [6.07, 6.45) is 0. The monoisotopic (exact) mass is 391 g/mol. The van der Waals surface area contributed by atoms with Crippen molar-refractivity contribution in [3.8, 4) is 0 Å². The van der Waals surface area contributed by atoms with E-state index in [9.17, 15) is 12.8 Å². The zero-order valence-electron chi connectivity index (χ0n) is 11.1. The van der Waals surface area contributed by atoms with E-state index in [1.165, 1.54) is 36.4 Å². The number of sulfonamides is 1. The van der Waals surface area contributed by atoms with Crippen LogP contribution in [0.5, 0.6) is 0 Å². The molecule has 0 atom stereocenters. The van der Waals surface area contributed by atoms with Gasteiger partial charge in [0.15, 0.2) is 0 Å². The Hall–Kier alpha value is -1.11. The van der Waals surface area contributed by atoms with E-state index in [4.69, 9.17) is 11.6 Å². The van der Waals surface area contributed by atoms with Gasteiger partial charge in [-0.05, 0) is 53.2 Å². The molecule has 0 heterocycles. The Morgan fingerprint density at radius 1 is 1.24 bits per heavy atom. The van der Waals surface area contributed by atoms with Crippen molar-refractivity contribution in [2.45, 2.75) is 11.8 Å². The van der Waals surface area contributed by atoms with Crippen LogP contribution in [0.2, 0.25) is 5.02 Å². The van der Waals surface area contributed by atoms with Gasteiger partial charge in [0.1, 0.15) is 5.82 Å². The van der Waals surface area contributed by atoms with Crippen LogP contribution in [0.1, 0.15) is 6.92 Å². The summed E-state index contributed by atoms with van der Waals surface area (Å²) in [5.74, 6) is -0.587. The molecule has 0 fully saturated rings. The smallest absolute Gasteiger partial charge is 0.264 e. The molecule has 0 aromatic heterocycles. The number of benzene rings is 2. The van der Waals surface area contributed by atoms with Crippen LogP contribution in [-0.4, -0.2) is 15.0 Å². The lowest BCUT2D eigenvalue weighted by Gasteiger charge is -2.23. The van der Waals surface area contributed by atoms with Crippen LogP contribution in [0, 0.1) is 5.82 Å². The molecule has 0 aliphatic rings. The summed E-state index contributed by atoms with van der Waals surface area (Å²) in [6.45, 7) is 1.76. The molecule has 0 bridgehead atoms. The molecule has 7 heteroatoms. The lowest BCUT2D eigenvalue weighted by molar-refractivity contribution is 0.586. The molecule has 3 nitrogen and oxygen atoms in total. The minimum Gasteiger partial charge on any atom is -0.264 e. The van der Waals surface area contributed by atoms with Crippen molar-refractivity contribution in [2.75, 3.05) is 10.8 Å². The maximum atomic E-state index is 13.9. The zero-order valence-corrected chi connectivity index (χ0v) is 14.2. The van der Waals surface area contributed by atoms with Gasteiger partial charge in [0.2, 0.25) is 0 Å². The molecule has 2 aromatic rings. The second-order valence-electron chi connectivity index (χ2n) is 4.20. The normalized spacial score (nSPS) is 11.4. The van der Waals surface area contributed by atoms with Gasteiger partial charge >= 0.3 is 0 Å². The number of anilines is 1. The molecule has 0 amide bonds. The molecular formula is C14H12BrClFNO2S. The zero-order chi connectivity index (χ0) is 15.6. The quantitative estimate of drug-likeness (QED) is 0.770. The Labute approximate surface area is 136 Å². The van der Waals surface area contributed by atoms with E-state index in [-0.39, 0.29) is 17.1 Å². The number of halogens is 3. The predicted octanol–water partition coefficient (Wildman–Crippen LogP) is 4.46. The van der Waals surface area contributed by atoms with Gasteiger partial charge in [0.05, 0.1) is 15.6 Å². The third-order valence-electron chi connectivity index (χ3n) is 2.89. The van der Waals surface area contributed by atoms with Gasteiger partial charge in [0, 0.05) is 11.0 Å². The van der Waals surface area contributed by atoms with Gasteiger partial charge < -0.3 is 0 Å². The van der Waals surface area contributed by atoms with E-state index < -0.39 is 15.8 Å². The standard InChI is InChI=1S/C14H12BrClFNO2S/c1-2-18(14-6-4-3-5-13(14)17)21(19,20)10-7-8-12(16)11(15)9-10/h3-9H,2H2,1H3. The van der Waals surface area contributed by atoms with Crippen LogP contribution in [0.15, 0.2) is 51.8 Å². The first-order valence-electron chi connectivity index (χ1n) is 6.10. The Morgan fingerprint density at radius 3 is 2.48 bits per heavy atom. The van der Waals surface area contributed by atoms with Gasteiger partial charge in [-0.2, -0.15) is 0 Å². The van der Waals surface area contributed by atoms with Crippen molar-refractivity contribution in [1.29, 1.82) is 0 Å². The van der Waals surface area contributed by atoms with Crippen molar-refractivity contribution >= 4 is 43.2 Å². The fourth-order valence-corrected chi connectivity index (χ4v) is 4.04. The largest absolute Gasteiger partial charge is 0.264 e. The molecule has 0 radical (unpaired) electrons. The lowest BCUT2D eigenvalue weighted by atomic mass is 10.3. The summed E-state index contributed by atoms with van der Waals surface area (Å²) in [4.78, 5) is 0.0453. The van der Waals surface area contributed by atoms with E-state index in [2.05, 4.69) is 15.9 Å². The molecule has 0 saturated heterocycles. The topological polar surface area (TPSA) is 37.4 Å². The van der Waals surface area contributed by atoms with Gasteiger partial charge in [-0.25, -0.2) is 12.8 Å². The van der Waals surface area contributed by atoms with Crippen LogP contribution in [0.4, 0.5) is 10.1 Å². The third kappa shape index (κ3) is 3.22. The molecule has 112 valence electrons. The second-order valence-corrected chi connectivity index (χ2v) is 7.32. The number of hydrogen-bond acceptors (Lipinski definition) is 2. The van der Waals surface area contributed by atoms with Crippen LogP contribution in [0.3, 0.4) is 0 Å². The van der Waals surface area contributed by atoms with Crippen molar-refractivity contribution in [3.63, 3.8) is 0 Å². The van der Waals surface area contributed by atoms with Gasteiger partial charge in [-0.3, -0.25) is 4.31 Å². The molecule has 2 rings (SSSR count). The van der Waals surface area contributed by atoms with Gasteiger partial charge in [0.25, 0.3) is 10.0 Å². The highest BCUT2D eigenvalue weighted by atomic mass is 79.9. The first-order valence-corrected chi connectivity index (χ1v) is 8.71. The van der Waals surface area contributed by atoms with E-state index in [0.29, 0.717) is 9.50 Å². The highest BCUT2D eigenvalue weighted by Gasteiger charge is 2.26. The number of rotatable bonds is 4. The van der Waals surface area contributed by atoms with E-state index in [1.807, 2.05) is 0 Å².